The summed E-state index contributed by atoms with van der Waals surface area (Å²) in [5.74, 6) is -0.0561. The number of carbonyl (C=O) groups excluding carboxylic acids is 1. The highest BCUT2D eigenvalue weighted by molar-refractivity contribution is 5.84. The third-order valence-electron chi connectivity index (χ3n) is 4.90. The molecule has 2 aliphatic carbocycles. The van der Waals surface area contributed by atoms with E-state index in [9.17, 15) is 9.18 Å². The summed E-state index contributed by atoms with van der Waals surface area (Å²) in [6, 6.07) is 6.87. The second kappa shape index (κ2) is 5.76. The van der Waals surface area contributed by atoms with Crippen molar-refractivity contribution in [1.82, 2.24) is 4.90 Å². The Labute approximate surface area is 125 Å². The standard InChI is InChI=1S/C17H23FN2O/c18-14-5-3-4-13(10-14)11-20(15-6-7-15)16(21)17(12-19)8-1-2-9-17/h3-5,10,15H,1-2,6-9,11-12,19H2. The summed E-state index contributed by atoms with van der Waals surface area (Å²) in [7, 11) is 0. The fourth-order valence-electron chi connectivity index (χ4n) is 3.45. The molecule has 4 heteroatoms. The first-order valence-electron chi connectivity index (χ1n) is 7.90. The number of hydrogen-bond donors (Lipinski definition) is 1. The maximum absolute atomic E-state index is 13.4. The van der Waals surface area contributed by atoms with E-state index in [2.05, 4.69) is 0 Å². The van der Waals surface area contributed by atoms with Gasteiger partial charge in [0, 0.05) is 19.1 Å². The third-order valence-corrected chi connectivity index (χ3v) is 4.90. The van der Waals surface area contributed by atoms with Crippen LogP contribution in [-0.2, 0) is 11.3 Å². The van der Waals surface area contributed by atoms with Crippen molar-refractivity contribution in [2.75, 3.05) is 6.54 Å². The molecule has 2 saturated carbocycles. The Hall–Kier alpha value is -1.42. The first-order valence-corrected chi connectivity index (χ1v) is 7.90. The Bertz CT molecular complexity index is 521. The summed E-state index contributed by atoms with van der Waals surface area (Å²) in [6.07, 6.45) is 6.08. The van der Waals surface area contributed by atoms with Gasteiger partial charge in [-0.15, -0.1) is 0 Å². The molecule has 1 aromatic carbocycles. The van der Waals surface area contributed by atoms with Crippen molar-refractivity contribution < 1.29 is 9.18 Å². The van der Waals surface area contributed by atoms with E-state index in [1.165, 1.54) is 12.1 Å². The average Bonchev–Trinajstić information content (AvgIpc) is 3.21. The average molecular weight is 290 g/mol. The van der Waals surface area contributed by atoms with E-state index < -0.39 is 0 Å². The second-order valence-corrected chi connectivity index (χ2v) is 6.49. The van der Waals surface area contributed by atoms with Gasteiger partial charge in [0.05, 0.1) is 5.41 Å². The van der Waals surface area contributed by atoms with Crippen LogP contribution >= 0.6 is 0 Å². The lowest BCUT2D eigenvalue weighted by molar-refractivity contribution is -0.142. The van der Waals surface area contributed by atoms with Crippen LogP contribution in [-0.4, -0.2) is 23.4 Å². The molecule has 0 heterocycles. The zero-order valence-corrected chi connectivity index (χ0v) is 12.4. The number of amides is 1. The molecule has 0 aromatic heterocycles. The van der Waals surface area contributed by atoms with E-state index in [1.807, 2.05) is 11.0 Å². The second-order valence-electron chi connectivity index (χ2n) is 6.49. The van der Waals surface area contributed by atoms with Gasteiger partial charge in [0.25, 0.3) is 0 Å². The van der Waals surface area contributed by atoms with Crippen LogP contribution in [0.4, 0.5) is 4.39 Å². The fraction of sp³-hybridized carbons (Fsp3) is 0.588. The molecule has 0 saturated heterocycles. The minimum absolute atomic E-state index is 0.189. The molecule has 2 aliphatic rings. The van der Waals surface area contributed by atoms with Crippen LogP contribution < -0.4 is 5.73 Å². The van der Waals surface area contributed by atoms with Crippen molar-refractivity contribution in [2.24, 2.45) is 11.1 Å². The van der Waals surface area contributed by atoms with Gasteiger partial charge in [-0.25, -0.2) is 4.39 Å². The van der Waals surface area contributed by atoms with E-state index in [0.717, 1.165) is 44.1 Å². The molecule has 3 rings (SSSR count). The van der Waals surface area contributed by atoms with E-state index in [0.29, 0.717) is 19.1 Å². The molecule has 0 aliphatic heterocycles. The topological polar surface area (TPSA) is 46.3 Å². The summed E-state index contributed by atoms with van der Waals surface area (Å²) in [5.41, 5.74) is 6.43. The van der Waals surface area contributed by atoms with Crippen LogP contribution in [0.2, 0.25) is 0 Å². The predicted molar refractivity (Wildman–Crippen MR) is 79.9 cm³/mol. The molecular weight excluding hydrogens is 267 g/mol. The number of nitrogens with two attached hydrogens (primary N) is 1. The lowest BCUT2D eigenvalue weighted by Gasteiger charge is -2.34. The van der Waals surface area contributed by atoms with Crippen molar-refractivity contribution in [3.05, 3.63) is 35.6 Å². The zero-order chi connectivity index (χ0) is 14.9. The van der Waals surface area contributed by atoms with Gasteiger partial charge in [0.1, 0.15) is 5.82 Å². The minimum Gasteiger partial charge on any atom is -0.335 e. The van der Waals surface area contributed by atoms with Crippen molar-refractivity contribution in [1.29, 1.82) is 0 Å². The Morgan fingerprint density at radius 1 is 1.33 bits per heavy atom. The Balaban J connectivity index is 1.79. The summed E-state index contributed by atoms with van der Waals surface area (Å²) in [5, 5.41) is 0. The third kappa shape index (κ3) is 2.95. The summed E-state index contributed by atoms with van der Waals surface area (Å²) in [4.78, 5) is 15.0. The molecule has 0 bridgehead atoms. The van der Waals surface area contributed by atoms with Gasteiger partial charge in [-0.3, -0.25) is 4.79 Å². The number of carbonyl (C=O) groups is 1. The number of rotatable bonds is 5. The lowest BCUT2D eigenvalue weighted by Crippen LogP contribution is -2.47. The fourth-order valence-corrected chi connectivity index (χ4v) is 3.45. The Morgan fingerprint density at radius 2 is 2.05 bits per heavy atom. The largest absolute Gasteiger partial charge is 0.335 e. The molecule has 1 aromatic rings. The van der Waals surface area contributed by atoms with Crippen LogP contribution in [0, 0.1) is 11.2 Å². The van der Waals surface area contributed by atoms with Crippen LogP contribution in [0.3, 0.4) is 0 Å². The van der Waals surface area contributed by atoms with Gasteiger partial charge >= 0.3 is 0 Å². The first-order chi connectivity index (χ1) is 10.1. The maximum atomic E-state index is 13.4. The Kier molecular flexibility index (Phi) is 3.98. The molecule has 3 nitrogen and oxygen atoms in total. The molecule has 114 valence electrons. The van der Waals surface area contributed by atoms with Crippen molar-refractivity contribution in [3.8, 4) is 0 Å². The summed E-state index contributed by atoms with van der Waals surface area (Å²) >= 11 is 0. The highest BCUT2D eigenvalue weighted by atomic mass is 19.1. The summed E-state index contributed by atoms with van der Waals surface area (Å²) in [6.45, 7) is 0.932. The minimum atomic E-state index is -0.365. The number of halogens is 1. The van der Waals surface area contributed by atoms with Crippen LogP contribution in [0.15, 0.2) is 24.3 Å². The molecule has 0 atom stereocenters. The van der Waals surface area contributed by atoms with Gasteiger partial charge in [0.15, 0.2) is 0 Å². The molecule has 21 heavy (non-hydrogen) atoms. The van der Waals surface area contributed by atoms with Crippen molar-refractivity contribution >= 4 is 5.91 Å². The smallest absolute Gasteiger partial charge is 0.230 e. The van der Waals surface area contributed by atoms with Gasteiger partial charge < -0.3 is 10.6 Å². The van der Waals surface area contributed by atoms with Crippen LogP contribution in [0.5, 0.6) is 0 Å². The summed E-state index contributed by atoms with van der Waals surface area (Å²) < 4.78 is 13.4. The molecule has 2 N–H and O–H groups in total. The molecule has 0 radical (unpaired) electrons. The van der Waals surface area contributed by atoms with Gasteiger partial charge in [-0.2, -0.15) is 0 Å². The molecular formula is C17H23FN2O. The maximum Gasteiger partial charge on any atom is 0.230 e. The normalized spacial score (nSPS) is 20.5. The SMILES string of the molecule is NCC1(C(=O)N(Cc2cccc(F)c2)C2CC2)CCCC1. The molecule has 0 unspecified atom stereocenters. The van der Waals surface area contributed by atoms with Crippen molar-refractivity contribution in [3.63, 3.8) is 0 Å². The number of hydrogen-bond acceptors (Lipinski definition) is 2. The van der Waals surface area contributed by atoms with Gasteiger partial charge in [-0.1, -0.05) is 25.0 Å². The van der Waals surface area contributed by atoms with Crippen LogP contribution in [0.1, 0.15) is 44.1 Å². The van der Waals surface area contributed by atoms with E-state index in [1.54, 1.807) is 6.07 Å². The first kappa shape index (κ1) is 14.5. The van der Waals surface area contributed by atoms with Gasteiger partial charge in [-0.05, 0) is 43.4 Å². The van der Waals surface area contributed by atoms with Gasteiger partial charge in [0.2, 0.25) is 5.91 Å². The molecule has 2 fully saturated rings. The van der Waals surface area contributed by atoms with E-state index in [4.69, 9.17) is 5.73 Å². The zero-order valence-electron chi connectivity index (χ0n) is 12.4. The predicted octanol–water partition coefficient (Wildman–Crippen LogP) is 2.84. The van der Waals surface area contributed by atoms with Crippen LogP contribution in [0.25, 0.3) is 0 Å². The Morgan fingerprint density at radius 3 is 2.62 bits per heavy atom. The monoisotopic (exact) mass is 290 g/mol. The highest BCUT2D eigenvalue weighted by Gasteiger charge is 2.45. The number of benzene rings is 1. The van der Waals surface area contributed by atoms with E-state index in [-0.39, 0.29) is 17.1 Å². The lowest BCUT2D eigenvalue weighted by atomic mass is 9.84. The number of nitrogens with zero attached hydrogens (tertiary/aromatic N) is 1. The van der Waals surface area contributed by atoms with Crippen molar-refractivity contribution in [2.45, 2.75) is 51.1 Å². The van der Waals surface area contributed by atoms with E-state index >= 15 is 0 Å². The highest BCUT2D eigenvalue weighted by Crippen LogP contribution is 2.41. The molecule has 0 spiro atoms. The molecule has 1 amide bonds. The quantitative estimate of drug-likeness (QED) is 0.906.